The van der Waals surface area contributed by atoms with E-state index in [0.717, 1.165) is 22.4 Å². The third-order valence-electron chi connectivity index (χ3n) is 4.48. The van der Waals surface area contributed by atoms with Gasteiger partial charge in [0, 0.05) is 13.1 Å². The minimum absolute atomic E-state index is 0. The van der Waals surface area contributed by atoms with E-state index in [4.69, 9.17) is 25.8 Å². The highest BCUT2D eigenvalue weighted by Crippen LogP contribution is 2.37. The number of hydrogen-bond acceptors (Lipinski definition) is 4. The second kappa shape index (κ2) is 12.4. The molecule has 3 rings (SSSR count). The molecule has 0 atom stereocenters. The van der Waals surface area contributed by atoms with Crippen molar-refractivity contribution in [2.24, 2.45) is 0 Å². The van der Waals surface area contributed by atoms with Crippen LogP contribution in [0.15, 0.2) is 60.7 Å². The lowest BCUT2D eigenvalue weighted by Gasteiger charge is -2.16. The van der Waals surface area contributed by atoms with Crippen molar-refractivity contribution in [3.63, 3.8) is 0 Å². The van der Waals surface area contributed by atoms with Gasteiger partial charge < -0.3 is 19.5 Å². The van der Waals surface area contributed by atoms with Crippen LogP contribution in [-0.4, -0.2) is 13.7 Å². The predicted octanol–water partition coefficient (Wildman–Crippen LogP) is 6.18. The van der Waals surface area contributed by atoms with Crippen LogP contribution in [0.5, 0.6) is 17.2 Å². The molecule has 0 fully saturated rings. The summed E-state index contributed by atoms with van der Waals surface area (Å²) < 4.78 is 29.9. The summed E-state index contributed by atoms with van der Waals surface area (Å²) in [6.45, 7) is 4.02. The molecular formula is C24H26Cl2FNO3. The fraction of sp³-hybridized carbons (Fsp3) is 0.250. The minimum atomic E-state index is -0.279. The van der Waals surface area contributed by atoms with Crippen molar-refractivity contribution in [2.75, 3.05) is 13.7 Å². The van der Waals surface area contributed by atoms with Crippen LogP contribution in [0.2, 0.25) is 5.02 Å². The van der Waals surface area contributed by atoms with Gasteiger partial charge in [-0.1, -0.05) is 35.9 Å². The van der Waals surface area contributed by atoms with Gasteiger partial charge >= 0.3 is 0 Å². The summed E-state index contributed by atoms with van der Waals surface area (Å²) in [4.78, 5) is 0. The molecule has 0 unspecified atom stereocenters. The molecule has 0 aliphatic carbocycles. The average molecular weight is 466 g/mol. The Bertz CT molecular complexity index is 950. The average Bonchev–Trinajstić information content (AvgIpc) is 2.75. The molecule has 0 amide bonds. The lowest BCUT2D eigenvalue weighted by Crippen LogP contribution is -2.13. The van der Waals surface area contributed by atoms with Gasteiger partial charge in [-0.2, -0.15) is 0 Å². The maximum atomic E-state index is 13.1. The van der Waals surface area contributed by atoms with Gasteiger partial charge in [-0.15, -0.1) is 12.4 Å². The SMILES string of the molecule is CCOc1cc(CNCc2ccc(OC)cc2)cc(Cl)c1OCc1ccc(F)cc1.Cl. The highest BCUT2D eigenvalue weighted by molar-refractivity contribution is 6.32. The van der Waals surface area contributed by atoms with E-state index in [1.807, 2.05) is 43.3 Å². The fourth-order valence-electron chi connectivity index (χ4n) is 2.96. The maximum Gasteiger partial charge on any atom is 0.180 e. The quantitative estimate of drug-likeness (QED) is 0.388. The Balaban J connectivity index is 0.00000341. The molecule has 166 valence electrons. The molecule has 4 nitrogen and oxygen atoms in total. The zero-order valence-corrected chi connectivity index (χ0v) is 19.1. The summed E-state index contributed by atoms with van der Waals surface area (Å²) in [6.07, 6.45) is 0. The molecule has 0 aliphatic rings. The molecular weight excluding hydrogens is 440 g/mol. The molecule has 0 saturated carbocycles. The molecule has 0 aromatic heterocycles. The monoisotopic (exact) mass is 465 g/mol. The van der Waals surface area contributed by atoms with E-state index in [2.05, 4.69) is 5.32 Å². The summed E-state index contributed by atoms with van der Waals surface area (Å²) in [5.41, 5.74) is 3.00. The third kappa shape index (κ3) is 7.31. The first-order valence-corrected chi connectivity index (χ1v) is 10.1. The van der Waals surface area contributed by atoms with E-state index in [1.165, 1.54) is 12.1 Å². The molecule has 3 aromatic carbocycles. The Morgan fingerprint density at radius 1 is 0.871 bits per heavy atom. The zero-order valence-electron chi connectivity index (χ0n) is 17.5. The van der Waals surface area contributed by atoms with Crippen molar-refractivity contribution >= 4 is 24.0 Å². The molecule has 1 N–H and O–H groups in total. The first-order chi connectivity index (χ1) is 14.6. The molecule has 7 heteroatoms. The molecule has 0 radical (unpaired) electrons. The first-order valence-electron chi connectivity index (χ1n) is 9.75. The Kier molecular flexibility index (Phi) is 9.92. The number of halogens is 3. The Morgan fingerprint density at radius 3 is 2.16 bits per heavy atom. The second-order valence-electron chi connectivity index (χ2n) is 6.70. The lowest BCUT2D eigenvalue weighted by molar-refractivity contribution is 0.269. The largest absolute Gasteiger partial charge is 0.497 e. The Labute approximate surface area is 193 Å². The molecule has 0 aliphatic heterocycles. The van der Waals surface area contributed by atoms with Crippen LogP contribution in [0.25, 0.3) is 0 Å². The van der Waals surface area contributed by atoms with Crippen LogP contribution < -0.4 is 19.5 Å². The van der Waals surface area contributed by atoms with Gasteiger partial charge in [-0.25, -0.2) is 4.39 Å². The first kappa shape index (κ1) is 24.8. The number of ether oxygens (including phenoxy) is 3. The standard InChI is InChI=1S/C24H25ClFNO3.ClH/c1-3-29-23-13-19(15-27-14-17-6-10-21(28-2)11-7-17)12-22(25)24(23)30-16-18-4-8-20(26)9-5-18;/h4-13,27H,3,14-16H2,1-2H3;1H. The third-order valence-corrected chi connectivity index (χ3v) is 4.76. The summed E-state index contributed by atoms with van der Waals surface area (Å²) in [5.74, 6) is 1.64. The van der Waals surface area contributed by atoms with Crippen LogP contribution in [0.3, 0.4) is 0 Å². The summed E-state index contributed by atoms with van der Waals surface area (Å²) in [5, 5.41) is 3.88. The molecule has 31 heavy (non-hydrogen) atoms. The molecule has 3 aromatic rings. The smallest absolute Gasteiger partial charge is 0.180 e. The highest BCUT2D eigenvalue weighted by Gasteiger charge is 2.13. The van der Waals surface area contributed by atoms with Gasteiger partial charge in [0.15, 0.2) is 11.5 Å². The van der Waals surface area contributed by atoms with Gasteiger partial charge in [0.2, 0.25) is 0 Å². The number of nitrogens with one attached hydrogen (secondary N) is 1. The topological polar surface area (TPSA) is 39.7 Å². The van der Waals surface area contributed by atoms with Crippen molar-refractivity contribution in [1.82, 2.24) is 5.32 Å². The fourth-order valence-corrected chi connectivity index (χ4v) is 3.24. The molecule has 0 heterocycles. The maximum absolute atomic E-state index is 13.1. The van der Waals surface area contributed by atoms with Crippen molar-refractivity contribution < 1.29 is 18.6 Å². The van der Waals surface area contributed by atoms with Gasteiger partial charge in [-0.05, 0) is 60.0 Å². The van der Waals surface area contributed by atoms with Crippen LogP contribution in [-0.2, 0) is 19.7 Å². The van der Waals surface area contributed by atoms with Gasteiger partial charge in [-0.3, -0.25) is 0 Å². The summed E-state index contributed by atoms with van der Waals surface area (Å²) in [6, 6.07) is 17.9. The molecule has 0 bridgehead atoms. The Morgan fingerprint density at radius 2 is 1.52 bits per heavy atom. The lowest BCUT2D eigenvalue weighted by atomic mass is 10.1. The summed E-state index contributed by atoms with van der Waals surface area (Å²) >= 11 is 6.48. The van der Waals surface area contributed by atoms with Crippen LogP contribution in [0, 0.1) is 5.82 Å². The van der Waals surface area contributed by atoms with E-state index in [1.54, 1.807) is 19.2 Å². The van der Waals surface area contributed by atoms with E-state index < -0.39 is 0 Å². The van der Waals surface area contributed by atoms with Crippen molar-refractivity contribution in [2.45, 2.75) is 26.6 Å². The highest BCUT2D eigenvalue weighted by atomic mass is 35.5. The van der Waals surface area contributed by atoms with Crippen LogP contribution >= 0.6 is 24.0 Å². The summed E-state index contributed by atoms with van der Waals surface area (Å²) in [7, 11) is 1.65. The minimum Gasteiger partial charge on any atom is -0.497 e. The van der Waals surface area contributed by atoms with E-state index in [0.29, 0.717) is 36.2 Å². The number of rotatable bonds is 10. The number of benzene rings is 3. The van der Waals surface area contributed by atoms with Gasteiger partial charge in [0.1, 0.15) is 18.2 Å². The Hall–Kier alpha value is -2.47. The normalized spacial score (nSPS) is 10.3. The zero-order chi connectivity index (χ0) is 21.3. The van der Waals surface area contributed by atoms with E-state index in [-0.39, 0.29) is 24.8 Å². The van der Waals surface area contributed by atoms with E-state index in [9.17, 15) is 4.39 Å². The van der Waals surface area contributed by atoms with Crippen molar-refractivity contribution in [3.05, 3.63) is 88.2 Å². The number of hydrogen-bond donors (Lipinski definition) is 1. The van der Waals surface area contributed by atoms with Gasteiger partial charge in [0.05, 0.1) is 18.7 Å². The van der Waals surface area contributed by atoms with Gasteiger partial charge in [0.25, 0.3) is 0 Å². The van der Waals surface area contributed by atoms with Crippen molar-refractivity contribution in [3.8, 4) is 17.2 Å². The van der Waals surface area contributed by atoms with Crippen LogP contribution in [0.1, 0.15) is 23.6 Å². The molecule has 0 saturated heterocycles. The second-order valence-corrected chi connectivity index (χ2v) is 7.11. The van der Waals surface area contributed by atoms with Crippen molar-refractivity contribution in [1.29, 1.82) is 0 Å². The molecule has 0 spiro atoms. The number of methoxy groups -OCH3 is 1. The predicted molar refractivity (Wildman–Crippen MR) is 124 cm³/mol. The van der Waals surface area contributed by atoms with E-state index >= 15 is 0 Å². The van der Waals surface area contributed by atoms with Crippen LogP contribution in [0.4, 0.5) is 4.39 Å².